The first kappa shape index (κ1) is 25.3. The summed E-state index contributed by atoms with van der Waals surface area (Å²) in [5, 5.41) is 1.32. The second kappa shape index (κ2) is 10.2. The van der Waals surface area contributed by atoms with Crippen LogP contribution >= 0.6 is 22.7 Å². The van der Waals surface area contributed by atoms with E-state index in [9.17, 15) is 18.0 Å². The van der Waals surface area contributed by atoms with Crippen molar-refractivity contribution < 1.29 is 18.0 Å². The standard InChI is InChI=1S/C26H34F3N3OS2/c1-17-30-15-21(34-17)14-20(33)13-19-5-3-18(4-6-19)7-11-32-12-8-23-22(16-32)31-24(35-23)25(9-2-10-25)26(27,28)29/h15,18-19H,2-14,16H2,1H3. The van der Waals surface area contributed by atoms with Gasteiger partial charge in [-0.15, -0.1) is 22.7 Å². The molecule has 2 saturated carbocycles. The van der Waals surface area contributed by atoms with Crippen LogP contribution in [-0.4, -0.2) is 39.9 Å². The second-order valence-electron chi connectivity index (χ2n) is 10.8. The molecule has 1 aliphatic heterocycles. The molecule has 0 aromatic carbocycles. The lowest BCUT2D eigenvalue weighted by Crippen LogP contribution is -2.47. The lowest BCUT2D eigenvalue weighted by atomic mass is 9.68. The van der Waals surface area contributed by atoms with Crippen LogP contribution in [0.2, 0.25) is 0 Å². The van der Waals surface area contributed by atoms with Crippen molar-refractivity contribution in [2.75, 3.05) is 13.1 Å². The van der Waals surface area contributed by atoms with Gasteiger partial charge in [0.15, 0.2) is 0 Å². The van der Waals surface area contributed by atoms with E-state index >= 15 is 0 Å². The van der Waals surface area contributed by atoms with Crippen LogP contribution < -0.4 is 0 Å². The maximum Gasteiger partial charge on any atom is 0.400 e. The van der Waals surface area contributed by atoms with E-state index in [1.54, 1.807) is 11.3 Å². The molecule has 4 nitrogen and oxygen atoms in total. The van der Waals surface area contributed by atoms with Gasteiger partial charge in [0.1, 0.15) is 16.2 Å². The van der Waals surface area contributed by atoms with Gasteiger partial charge in [0.2, 0.25) is 0 Å². The lowest BCUT2D eigenvalue weighted by molar-refractivity contribution is -0.212. The Labute approximate surface area is 213 Å². The van der Waals surface area contributed by atoms with Gasteiger partial charge in [-0.3, -0.25) is 9.69 Å². The molecule has 2 aromatic heterocycles. The topological polar surface area (TPSA) is 46.1 Å². The molecule has 0 atom stereocenters. The number of aromatic nitrogens is 2. The molecule has 2 aliphatic carbocycles. The van der Waals surface area contributed by atoms with Gasteiger partial charge in [-0.25, -0.2) is 9.97 Å². The van der Waals surface area contributed by atoms with Gasteiger partial charge < -0.3 is 0 Å². The van der Waals surface area contributed by atoms with Crippen molar-refractivity contribution in [3.05, 3.63) is 31.7 Å². The average Bonchev–Trinajstić information content (AvgIpc) is 3.36. The summed E-state index contributed by atoms with van der Waals surface area (Å²) in [4.78, 5) is 25.7. The lowest BCUT2D eigenvalue weighted by Gasteiger charge is -2.41. The van der Waals surface area contributed by atoms with E-state index in [2.05, 4.69) is 14.9 Å². The fourth-order valence-corrected chi connectivity index (χ4v) is 8.11. The van der Waals surface area contributed by atoms with Crippen molar-refractivity contribution in [1.82, 2.24) is 14.9 Å². The van der Waals surface area contributed by atoms with E-state index in [1.165, 1.54) is 24.2 Å². The highest BCUT2D eigenvalue weighted by atomic mass is 32.1. The monoisotopic (exact) mass is 525 g/mol. The number of Topliss-reactive ketones (excluding diaryl/α,β-unsaturated/α-hetero) is 1. The number of thiazole rings is 2. The van der Waals surface area contributed by atoms with Gasteiger partial charge in [-0.2, -0.15) is 13.2 Å². The molecule has 0 saturated heterocycles. The van der Waals surface area contributed by atoms with Crippen LogP contribution in [0.3, 0.4) is 0 Å². The summed E-state index contributed by atoms with van der Waals surface area (Å²) in [6, 6.07) is 0. The summed E-state index contributed by atoms with van der Waals surface area (Å²) in [7, 11) is 0. The minimum absolute atomic E-state index is 0.186. The Balaban J connectivity index is 1.06. The van der Waals surface area contributed by atoms with E-state index in [0.717, 1.165) is 59.2 Å². The molecule has 0 bridgehead atoms. The fourth-order valence-electron chi connectivity index (χ4n) is 5.96. The number of hydrogen-bond acceptors (Lipinski definition) is 6. The summed E-state index contributed by atoms with van der Waals surface area (Å²) in [6.07, 6.45) is 6.37. The van der Waals surface area contributed by atoms with Crippen LogP contribution in [0.4, 0.5) is 13.2 Å². The molecular weight excluding hydrogens is 491 g/mol. The van der Waals surface area contributed by atoms with Gasteiger partial charge in [-0.1, -0.05) is 19.3 Å². The van der Waals surface area contributed by atoms with Crippen LogP contribution in [0.1, 0.15) is 83.3 Å². The first-order chi connectivity index (χ1) is 16.7. The normalized spacial score (nSPS) is 24.7. The largest absolute Gasteiger partial charge is 0.400 e. The van der Waals surface area contributed by atoms with Gasteiger partial charge in [0, 0.05) is 41.9 Å². The minimum Gasteiger partial charge on any atom is -0.299 e. The van der Waals surface area contributed by atoms with E-state index in [0.29, 0.717) is 48.4 Å². The van der Waals surface area contributed by atoms with E-state index in [4.69, 9.17) is 0 Å². The number of ketones is 1. The van der Waals surface area contributed by atoms with Crippen molar-refractivity contribution in [1.29, 1.82) is 0 Å². The summed E-state index contributed by atoms with van der Waals surface area (Å²) < 4.78 is 41.2. The SMILES string of the molecule is Cc1ncc(CC(=O)CC2CCC(CCN3CCc4sc(C5(C(F)(F)F)CCC5)nc4C3)CC2)s1. The number of halogens is 3. The predicted octanol–water partition coefficient (Wildman–Crippen LogP) is 6.65. The molecule has 3 aliphatic rings. The quantitative estimate of drug-likeness (QED) is 0.387. The Morgan fingerprint density at radius 2 is 1.91 bits per heavy atom. The molecule has 0 amide bonds. The highest BCUT2D eigenvalue weighted by Gasteiger charge is 2.61. The molecule has 0 spiro atoms. The fraction of sp³-hybridized carbons (Fsp3) is 0.731. The van der Waals surface area contributed by atoms with Gasteiger partial charge >= 0.3 is 6.18 Å². The number of hydrogen-bond donors (Lipinski definition) is 0. The van der Waals surface area contributed by atoms with Crippen LogP contribution in [0.5, 0.6) is 0 Å². The smallest absolute Gasteiger partial charge is 0.299 e. The molecule has 3 heterocycles. The molecule has 5 rings (SSSR count). The molecule has 0 radical (unpaired) electrons. The van der Waals surface area contributed by atoms with Crippen LogP contribution in [0, 0.1) is 18.8 Å². The molecule has 0 N–H and O–H groups in total. The van der Waals surface area contributed by atoms with Crippen molar-refractivity contribution in [3.63, 3.8) is 0 Å². The van der Waals surface area contributed by atoms with E-state index < -0.39 is 11.6 Å². The maximum absolute atomic E-state index is 13.7. The highest BCUT2D eigenvalue weighted by molar-refractivity contribution is 7.12. The molecule has 9 heteroatoms. The van der Waals surface area contributed by atoms with Gasteiger partial charge in [0.05, 0.1) is 10.7 Å². The number of nitrogens with zero attached hydrogens (tertiary/aromatic N) is 3. The van der Waals surface area contributed by atoms with E-state index in [1.807, 2.05) is 13.1 Å². The summed E-state index contributed by atoms with van der Waals surface area (Å²) >= 11 is 2.92. The molecule has 0 unspecified atom stereocenters. The highest BCUT2D eigenvalue weighted by Crippen LogP contribution is 2.55. The van der Waals surface area contributed by atoms with Crippen molar-refractivity contribution in [3.8, 4) is 0 Å². The molecule has 192 valence electrons. The first-order valence-corrected chi connectivity index (χ1v) is 14.6. The third kappa shape index (κ3) is 5.52. The zero-order valence-electron chi connectivity index (χ0n) is 20.3. The first-order valence-electron chi connectivity index (χ1n) is 12.9. The number of fused-ring (bicyclic) bond motifs is 1. The molecule has 2 fully saturated rings. The summed E-state index contributed by atoms with van der Waals surface area (Å²) in [6.45, 7) is 4.54. The zero-order chi connectivity index (χ0) is 24.6. The third-order valence-electron chi connectivity index (χ3n) is 8.34. The van der Waals surface area contributed by atoms with Crippen LogP contribution in [-0.2, 0) is 29.6 Å². The van der Waals surface area contributed by atoms with Gasteiger partial charge in [-0.05, 0) is 63.8 Å². The Morgan fingerprint density at radius 1 is 1.17 bits per heavy atom. The number of alkyl halides is 3. The minimum atomic E-state index is -4.20. The van der Waals surface area contributed by atoms with Crippen molar-refractivity contribution >= 4 is 28.5 Å². The molecular formula is C26H34F3N3OS2. The Hall–Kier alpha value is -1.32. The third-order valence-corrected chi connectivity index (χ3v) is 10.6. The van der Waals surface area contributed by atoms with Gasteiger partial charge in [0.25, 0.3) is 0 Å². The summed E-state index contributed by atoms with van der Waals surface area (Å²) in [5.74, 6) is 1.52. The number of carbonyl (C=O) groups is 1. The predicted molar refractivity (Wildman–Crippen MR) is 133 cm³/mol. The Morgan fingerprint density at radius 3 is 2.54 bits per heavy atom. The van der Waals surface area contributed by atoms with Crippen LogP contribution in [0.25, 0.3) is 0 Å². The average molecular weight is 526 g/mol. The second-order valence-corrected chi connectivity index (χ2v) is 13.2. The zero-order valence-corrected chi connectivity index (χ0v) is 22.0. The van der Waals surface area contributed by atoms with Crippen molar-refractivity contribution in [2.24, 2.45) is 11.8 Å². The molecule has 2 aromatic rings. The number of aryl methyl sites for hydroxylation is 1. The Kier molecular flexibility index (Phi) is 7.39. The molecule has 35 heavy (non-hydrogen) atoms. The van der Waals surface area contributed by atoms with Crippen molar-refractivity contribution in [2.45, 2.75) is 95.7 Å². The number of carbonyl (C=O) groups excluding carboxylic acids is 1. The Bertz CT molecular complexity index is 1040. The van der Waals surface area contributed by atoms with Crippen LogP contribution in [0.15, 0.2) is 6.20 Å². The maximum atomic E-state index is 13.7. The number of rotatable bonds is 8. The van der Waals surface area contributed by atoms with E-state index in [-0.39, 0.29) is 12.8 Å². The summed E-state index contributed by atoms with van der Waals surface area (Å²) in [5.41, 5.74) is -0.801.